The van der Waals surface area contributed by atoms with E-state index in [-0.39, 0.29) is 0 Å². The van der Waals surface area contributed by atoms with Gasteiger partial charge in [0.25, 0.3) is 0 Å². The Morgan fingerprint density at radius 2 is 1.85 bits per heavy atom. The van der Waals surface area contributed by atoms with Gasteiger partial charge in [0.15, 0.2) is 0 Å². The van der Waals surface area contributed by atoms with Crippen LogP contribution in [0.1, 0.15) is 49.3 Å². The number of aromatic amines is 1. The average molecular weight is 363 g/mol. The van der Waals surface area contributed by atoms with Gasteiger partial charge in [-0.2, -0.15) is 5.10 Å². The molecule has 0 radical (unpaired) electrons. The second-order valence-electron chi connectivity index (χ2n) is 8.45. The molecule has 146 valence electrons. The number of ether oxygens (including phenoxy) is 1. The Labute approximate surface area is 156 Å². The van der Waals surface area contributed by atoms with Gasteiger partial charge in [0.05, 0.1) is 19.4 Å². The minimum absolute atomic E-state index is 0.298. The summed E-state index contributed by atoms with van der Waals surface area (Å²) in [4.78, 5) is 5.04. The molecule has 2 atom stereocenters. The smallest absolute Gasteiger partial charge is 0.0594 e. The molecule has 2 saturated heterocycles. The van der Waals surface area contributed by atoms with Crippen molar-refractivity contribution in [3.05, 3.63) is 17.5 Å². The largest absolute Gasteiger partial charge is 0.396 e. The molecule has 1 aromatic heterocycles. The van der Waals surface area contributed by atoms with Gasteiger partial charge in [-0.05, 0) is 24.7 Å². The Morgan fingerprint density at radius 1 is 1.08 bits per heavy atom. The molecule has 2 N–H and O–H groups in total. The fourth-order valence-electron chi connectivity index (χ4n) is 5.13. The second-order valence-corrected chi connectivity index (χ2v) is 8.45. The molecule has 0 aromatic carbocycles. The van der Waals surface area contributed by atoms with Crippen LogP contribution in [0.25, 0.3) is 0 Å². The summed E-state index contributed by atoms with van der Waals surface area (Å²) in [5.74, 6) is 1.62. The standard InChI is InChI=1S/C20H34N4O2/c25-15-19-14-24(13-18(19)12-23-6-8-26-9-7-23)11-17-10-21-22-20(17)16-4-2-1-3-5-16/h10,16,18-19,25H,1-9,11-15H2,(H,21,22)/t18-,19-/m0/s1. The predicted molar refractivity (Wildman–Crippen MR) is 101 cm³/mol. The zero-order valence-corrected chi connectivity index (χ0v) is 15.9. The van der Waals surface area contributed by atoms with E-state index < -0.39 is 0 Å². The van der Waals surface area contributed by atoms with E-state index in [1.807, 2.05) is 6.20 Å². The molecule has 0 unspecified atom stereocenters. The van der Waals surface area contributed by atoms with Gasteiger partial charge >= 0.3 is 0 Å². The first kappa shape index (κ1) is 18.4. The van der Waals surface area contributed by atoms with E-state index in [4.69, 9.17) is 4.74 Å². The summed E-state index contributed by atoms with van der Waals surface area (Å²) < 4.78 is 5.47. The van der Waals surface area contributed by atoms with Crippen LogP contribution in [0.5, 0.6) is 0 Å². The topological polar surface area (TPSA) is 64.6 Å². The fraction of sp³-hybridized carbons (Fsp3) is 0.850. The molecule has 1 aliphatic carbocycles. The molecule has 1 aromatic rings. The van der Waals surface area contributed by atoms with Gasteiger partial charge in [-0.1, -0.05) is 19.3 Å². The van der Waals surface area contributed by atoms with Crippen LogP contribution in [0, 0.1) is 11.8 Å². The summed E-state index contributed by atoms with van der Waals surface area (Å²) in [7, 11) is 0. The van der Waals surface area contributed by atoms with Crippen molar-refractivity contribution in [2.45, 2.75) is 44.6 Å². The van der Waals surface area contributed by atoms with E-state index in [0.717, 1.165) is 52.5 Å². The number of nitrogens with one attached hydrogen (secondary N) is 1. The van der Waals surface area contributed by atoms with Gasteiger partial charge in [-0.25, -0.2) is 0 Å². The minimum atomic E-state index is 0.298. The molecule has 3 fully saturated rings. The first-order valence-corrected chi connectivity index (χ1v) is 10.5. The van der Waals surface area contributed by atoms with E-state index in [1.54, 1.807) is 0 Å². The lowest BCUT2D eigenvalue weighted by Gasteiger charge is -2.30. The number of H-pyrrole nitrogens is 1. The number of aliphatic hydroxyl groups excluding tert-OH is 1. The van der Waals surface area contributed by atoms with Crippen LogP contribution in [-0.2, 0) is 11.3 Å². The van der Waals surface area contributed by atoms with Crippen molar-refractivity contribution >= 4 is 0 Å². The van der Waals surface area contributed by atoms with Crippen LogP contribution in [0.15, 0.2) is 6.20 Å². The summed E-state index contributed by atoms with van der Waals surface area (Å²) in [6.07, 6.45) is 8.71. The Hall–Kier alpha value is -0.950. The van der Waals surface area contributed by atoms with Crippen molar-refractivity contribution in [1.29, 1.82) is 0 Å². The SMILES string of the molecule is OC[C@@H]1CN(Cc2cn[nH]c2C2CCCCC2)C[C@@H]1CN1CCOCC1. The summed E-state index contributed by atoms with van der Waals surface area (Å²) in [5.41, 5.74) is 2.75. The molecular weight excluding hydrogens is 328 g/mol. The molecule has 3 aliphatic rings. The van der Waals surface area contributed by atoms with Crippen molar-refractivity contribution < 1.29 is 9.84 Å². The van der Waals surface area contributed by atoms with Crippen molar-refractivity contribution in [2.75, 3.05) is 52.5 Å². The number of nitrogens with zero attached hydrogens (tertiary/aromatic N) is 3. The van der Waals surface area contributed by atoms with Crippen LogP contribution in [0.2, 0.25) is 0 Å². The van der Waals surface area contributed by atoms with Gasteiger partial charge in [-0.15, -0.1) is 0 Å². The lowest BCUT2D eigenvalue weighted by Crippen LogP contribution is -2.41. The van der Waals surface area contributed by atoms with Crippen molar-refractivity contribution in [3.63, 3.8) is 0 Å². The third kappa shape index (κ3) is 4.30. The fourth-order valence-corrected chi connectivity index (χ4v) is 5.13. The number of morpholine rings is 1. The average Bonchev–Trinajstić information content (AvgIpc) is 3.30. The normalized spacial score (nSPS) is 29.4. The molecular formula is C20H34N4O2. The van der Waals surface area contributed by atoms with Crippen molar-refractivity contribution in [3.8, 4) is 0 Å². The number of rotatable bonds is 6. The molecule has 6 heteroatoms. The van der Waals surface area contributed by atoms with Crippen LogP contribution >= 0.6 is 0 Å². The van der Waals surface area contributed by atoms with Crippen LogP contribution in [0.4, 0.5) is 0 Å². The second kappa shape index (κ2) is 8.83. The Kier molecular flexibility index (Phi) is 6.25. The lowest BCUT2D eigenvalue weighted by molar-refractivity contribution is 0.0264. The number of hydrogen-bond donors (Lipinski definition) is 2. The molecule has 3 heterocycles. The zero-order valence-electron chi connectivity index (χ0n) is 15.9. The molecule has 0 amide bonds. The monoisotopic (exact) mass is 362 g/mol. The van der Waals surface area contributed by atoms with Crippen LogP contribution in [-0.4, -0.2) is 77.6 Å². The summed E-state index contributed by atoms with van der Waals surface area (Å²) in [6.45, 7) is 8.19. The quantitative estimate of drug-likeness (QED) is 0.808. The van der Waals surface area contributed by atoms with Gasteiger partial charge in [0.1, 0.15) is 0 Å². The van der Waals surface area contributed by atoms with E-state index in [0.29, 0.717) is 24.4 Å². The summed E-state index contributed by atoms with van der Waals surface area (Å²) in [6, 6.07) is 0. The van der Waals surface area contributed by atoms with E-state index in [9.17, 15) is 5.11 Å². The number of aromatic nitrogens is 2. The lowest BCUT2D eigenvalue weighted by atomic mass is 9.85. The van der Waals surface area contributed by atoms with E-state index >= 15 is 0 Å². The molecule has 0 spiro atoms. The Balaban J connectivity index is 1.36. The van der Waals surface area contributed by atoms with Crippen LogP contribution < -0.4 is 0 Å². The summed E-state index contributed by atoms with van der Waals surface area (Å²) in [5, 5.41) is 17.6. The van der Waals surface area contributed by atoms with Gasteiger partial charge in [-0.3, -0.25) is 14.9 Å². The Bertz CT molecular complexity index is 552. The molecule has 6 nitrogen and oxygen atoms in total. The first-order chi connectivity index (χ1) is 12.8. The summed E-state index contributed by atoms with van der Waals surface area (Å²) >= 11 is 0. The third-order valence-corrected chi connectivity index (χ3v) is 6.64. The first-order valence-electron chi connectivity index (χ1n) is 10.5. The van der Waals surface area contributed by atoms with E-state index in [1.165, 1.54) is 43.4 Å². The number of likely N-dealkylation sites (tertiary alicyclic amines) is 1. The molecule has 1 saturated carbocycles. The molecule has 26 heavy (non-hydrogen) atoms. The number of hydrogen-bond acceptors (Lipinski definition) is 5. The van der Waals surface area contributed by atoms with Gasteiger partial charge in [0.2, 0.25) is 0 Å². The molecule has 4 rings (SSSR count). The maximum Gasteiger partial charge on any atom is 0.0594 e. The maximum absolute atomic E-state index is 9.88. The zero-order chi connectivity index (χ0) is 17.8. The molecule has 0 bridgehead atoms. The highest BCUT2D eigenvalue weighted by atomic mass is 16.5. The minimum Gasteiger partial charge on any atom is -0.396 e. The van der Waals surface area contributed by atoms with Crippen molar-refractivity contribution in [2.24, 2.45) is 11.8 Å². The molecule has 2 aliphatic heterocycles. The maximum atomic E-state index is 9.88. The highest BCUT2D eigenvalue weighted by Gasteiger charge is 2.34. The predicted octanol–water partition coefficient (Wildman–Crippen LogP) is 1.83. The number of aliphatic hydroxyl groups is 1. The highest BCUT2D eigenvalue weighted by Crippen LogP contribution is 2.34. The van der Waals surface area contributed by atoms with Crippen LogP contribution in [0.3, 0.4) is 0 Å². The third-order valence-electron chi connectivity index (χ3n) is 6.64. The Morgan fingerprint density at radius 3 is 2.62 bits per heavy atom. The van der Waals surface area contributed by atoms with Crippen molar-refractivity contribution in [1.82, 2.24) is 20.0 Å². The van der Waals surface area contributed by atoms with Gasteiger partial charge in [0, 0.05) is 63.1 Å². The highest BCUT2D eigenvalue weighted by molar-refractivity contribution is 5.21. The van der Waals surface area contributed by atoms with Gasteiger partial charge < -0.3 is 9.84 Å². The van der Waals surface area contributed by atoms with E-state index in [2.05, 4.69) is 20.0 Å².